The number of carbonyl (C=O) groups excluding carboxylic acids is 1. The molecular formula is C15H22N2O3S. The molecule has 1 heterocycles. The number of sulfone groups is 1. The minimum Gasteiger partial charge on any atom is -0.399 e. The van der Waals surface area contributed by atoms with Crippen molar-refractivity contribution in [3.8, 4) is 0 Å². The molecule has 1 aromatic rings. The summed E-state index contributed by atoms with van der Waals surface area (Å²) < 4.78 is 23.1. The predicted molar refractivity (Wildman–Crippen MR) is 83.6 cm³/mol. The standard InChI is InChI=1S/C15H22N2O3S/c1-2-17(14-9-10-21(19,20)11-14)15(18)8-5-12-3-6-13(16)7-4-12/h3-4,6-7,14H,2,5,8-11,16H2,1H3. The molecule has 0 bridgehead atoms. The molecule has 1 unspecified atom stereocenters. The minimum absolute atomic E-state index is 0.0245. The molecule has 1 aliphatic heterocycles. The second-order valence-corrected chi connectivity index (χ2v) is 7.71. The molecule has 2 rings (SSSR count). The van der Waals surface area contributed by atoms with Crippen LogP contribution in [0.25, 0.3) is 0 Å². The Balaban J connectivity index is 1.93. The van der Waals surface area contributed by atoms with Crippen molar-refractivity contribution in [1.29, 1.82) is 0 Å². The highest BCUT2D eigenvalue weighted by Gasteiger charge is 2.33. The van der Waals surface area contributed by atoms with Crippen LogP contribution in [-0.2, 0) is 21.1 Å². The van der Waals surface area contributed by atoms with Gasteiger partial charge in [0, 0.05) is 24.7 Å². The van der Waals surface area contributed by atoms with Crippen molar-refractivity contribution in [3.05, 3.63) is 29.8 Å². The number of nitrogens with zero attached hydrogens (tertiary/aromatic N) is 1. The Bertz CT molecular complexity index is 596. The van der Waals surface area contributed by atoms with E-state index in [2.05, 4.69) is 0 Å². The van der Waals surface area contributed by atoms with E-state index in [1.165, 1.54) is 0 Å². The Morgan fingerprint density at radius 2 is 2.00 bits per heavy atom. The SMILES string of the molecule is CCN(C(=O)CCc1ccc(N)cc1)C1CCS(=O)(=O)C1. The normalized spacial score (nSPS) is 20.3. The zero-order chi connectivity index (χ0) is 15.5. The maximum atomic E-state index is 12.3. The summed E-state index contributed by atoms with van der Waals surface area (Å²) in [6, 6.07) is 7.32. The number of benzene rings is 1. The Morgan fingerprint density at radius 3 is 2.52 bits per heavy atom. The number of nitrogens with two attached hydrogens (primary N) is 1. The molecule has 116 valence electrons. The van der Waals surface area contributed by atoms with E-state index >= 15 is 0 Å². The summed E-state index contributed by atoms with van der Waals surface area (Å²) in [5, 5.41) is 0. The van der Waals surface area contributed by atoms with Crippen molar-refractivity contribution in [2.75, 3.05) is 23.8 Å². The average Bonchev–Trinajstić information content (AvgIpc) is 2.79. The van der Waals surface area contributed by atoms with Crippen LogP contribution in [0.3, 0.4) is 0 Å². The fraction of sp³-hybridized carbons (Fsp3) is 0.533. The Labute approximate surface area is 126 Å². The third-order valence-corrected chi connectivity index (χ3v) is 5.67. The number of rotatable bonds is 5. The Morgan fingerprint density at radius 1 is 1.33 bits per heavy atom. The molecule has 0 saturated carbocycles. The minimum atomic E-state index is -2.96. The van der Waals surface area contributed by atoms with E-state index in [-0.39, 0.29) is 23.5 Å². The van der Waals surface area contributed by atoms with E-state index in [9.17, 15) is 13.2 Å². The summed E-state index contributed by atoms with van der Waals surface area (Å²) in [6.45, 7) is 2.45. The molecule has 6 heteroatoms. The lowest BCUT2D eigenvalue weighted by Gasteiger charge is -2.27. The van der Waals surface area contributed by atoms with Crippen LogP contribution in [0.1, 0.15) is 25.3 Å². The fourth-order valence-corrected chi connectivity index (χ4v) is 4.47. The first kappa shape index (κ1) is 15.8. The fourth-order valence-electron chi connectivity index (χ4n) is 2.74. The van der Waals surface area contributed by atoms with Gasteiger partial charge in [0.15, 0.2) is 9.84 Å². The topological polar surface area (TPSA) is 80.5 Å². The summed E-state index contributed by atoms with van der Waals surface area (Å²) in [5.74, 6) is 0.324. The second-order valence-electron chi connectivity index (χ2n) is 5.48. The van der Waals surface area contributed by atoms with Gasteiger partial charge < -0.3 is 10.6 Å². The molecule has 1 aromatic carbocycles. The van der Waals surface area contributed by atoms with Gasteiger partial charge in [0.25, 0.3) is 0 Å². The van der Waals surface area contributed by atoms with E-state index in [0.717, 1.165) is 5.56 Å². The first-order valence-electron chi connectivity index (χ1n) is 7.25. The lowest BCUT2D eigenvalue weighted by atomic mass is 10.1. The number of hydrogen-bond donors (Lipinski definition) is 1. The van der Waals surface area contributed by atoms with E-state index in [1.807, 2.05) is 31.2 Å². The van der Waals surface area contributed by atoms with Gasteiger partial charge in [0.05, 0.1) is 11.5 Å². The Kier molecular flexibility index (Phi) is 4.88. The van der Waals surface area contributed by atoms with E-state index in [1.54, 1.807) is 4.90 Å². The zero-order valence-electron chi connectivity index (χ0n) is 12.3. The predicted octanol–water partition coefficient (Wildman–Crippen LogP) is 1.24. The van der Waals surface area contributed by atoms with Gasteiger partial charge in [-0.05, 0) is 37.5 Å². The van der Waals surface area contributed by atoms with E-state index in [4.69, 9.17) is 5.73 Å². The maximum absolute atomic E-state index is 12.3. The number of carbonyl (C=O) groups is 1. The number of aryl methyl sites for hydroxylation is 1. The van der Waals surface area contributed by atoms with Crippen molar-refractivity contribution in [1.82, 2.24) is 4.90 Å². The molecule has 2 N–H and O–H groups in total. The van der Waals surface area contributed by atoms with Crippen molar-refractivity contribution in [3.63, 3.8) is 0 Å². The van der Waals surface area contributed by atoms with Crippen molar-refractivity contribution < 1.29 is 13.2 Å². The van der Waals surface area contributed by atoms with Crippen LogP contribution in [0.15, 0.2) is 24.3 Å². The summed E-state index contributed by atoms with van der Waals surface area (Å²) in [4.78, 5) is 14.0. The molecule has 1 atom stereocenters. The number of anilines is 1. The van der Waals surface area contributed by atoms with Gasteiger partial charge in [-0.15, -0.1) is 0 Å². The zero-order valence-corrected chi connectivity index (χ0v) is 13.1. The largest absolute Gasteiger partial charge is 0.399 e. The van der Waals surface area contributed by atoms with E-state index in [0.29, 0.717) is 31.5 Å². The first-order valence-corrected chi connectivity index (χ1v) is 9.07. The molecule has 0 radical (unpaired) electrons. The van der Waals surface area contributed by atoms with Gasteiger partial charge in [0.2, 0.25) is 5.91 Å². The van der Waals surface area contributed by atoms with Crippen molar-refractivity contribution in [2.24, 2.45) is 0 Å². The molecule has 0 aromatic heterocycles. The van der Waals surface area contributed by atoms with Crippen LogP contribution in [0.4, 0.5) is 5.69 Å². The van der Waals surface area contributed by atoms with E-state index < -0.39 is 9.84 Å². The quantitative estimate of drug-likeness (QED) is 0.830. The van der Waals surface area contributed by atoms with Crippen molar-refractivity contribution in [2.45, 2.75) is 32.2 Å². The Hall–Kier alpha value is -1.56. The van der Waals surface area contributed by atoms with Crippen molar-refractivity contribution >= 4 is 21.4 Å². The molecule has 1 fully saturated rings. The van der Waals surface area contributed by atoms with Gasteiger partial charge in [-0.2, -0.15) is 0 Å². The highest BCUT2D eigenvalue weighted by atomic mass is 32.2. The number of nitrogen functional groups attached to an aromatic ring is 1. The van der Waals surface area contributed by atoms with Gasteiger partial charge in [-0.1, -0.05) is 12.1 Å². The van der Waals surface area contributed by atoms with Gasteiger partial charge in [0.1, 0.15) is 0 Å². The molecule has 0 aliphatic carbocycles. The summed E-state index contributed by atoms with van der Waals surface area (Å²) >= 11 is 0. The monoisotopic (exact) mass is 310 g/mol. The van der Waals surface area contributed by atoms with Crippen LogP contribution in [0.5, 0.6) is 0 Å². The molecule has 0 spiro atoms. The molecular weight excluding hydrogens is 288 g/mol. The van der Waals surface area contributed by atoms with Gasteiger partial charge in [-0.3, -0.25) is 4.79 Å². The number of amides is 1. The summed E-state index contributed by atoms with van der Waals surface area (Å²) in [6.07, 6.45) is 1.60. The smallest absolute Gasteiger partial charge is 0.223 e. The average molecular weight is 310 g/mol. The maximum Gasteiger partial charge on any atom is 0.223 e. The van der Waals surface area contributed by atoms with Crippen LogP contribution < -0.4 is 5.73 Å². The van der Waals surface area contributed by atoms with Crippen LogP contribution in [0.2, 0.25) is 0 Å². The van der Waals surface area contributed by atoms with Crippen LogP contribution in [-0.4, -0.2) is 43.3 Å². The summed E-state index contributed by atoms with van der Waals surface area (Å²) in [7, 11) is -2.96. The lowest BCUT2D eigenvalue weighted by Crippen LogP contribution is -2.41. The molecule has 1 amide bonds. The first-order chi connectivity index (χ1) is 9.91. The highest BCUT2D eigenvalue weighted by molar-refractivity contribution is 7.91. The third-order valence-electron chi connectivity index (χ3n) is 3.92. The van der Waals surface area contributed by atoms with Gasteiger partial charge >= 0.3 is 0 Å². The van der Waals surface area contributed by atoms with Crippen LogP contribution in [0, 0.1) is 0 Å². The second kappa shape index (κ2) is 6.47. The third kappa shape index (κ3) is 4.20. The molecule has 1 saturated heterocycles. The molecule has 21 heavy (non-hydrogen) atoms. The summed E-state index contributed by atoms with van der Waals surface area (Å²) in [5.41, 5.74) is 7.40. The number of hydrogen-bond acceptors (Lipinski definition) is 4. The lowest BCUT2D eigenvalue weighted by molar-refractivity contribution is -0.132. The molecule has 5 nitrogen and oxygen atoms in total. The van der Waals surface area contributed by atoms with Gasteiger partial charge in [-0.25, -0.2) is 8.42 Å². The van der Waals surface area contributed by atoms with Crippen LogP contribution >= 0.6 is 0 Å². The molecule has 1 aliphatic rings. The highest BCUT2D eigenvalue weighted by Crippen LogP contribution is 2.19.